The molecule has 1 amide bonds. The van der Waals surface area contributed by atoms with Gasteiger partial charge in [-0.15, -0.1) is 0 Å². The van der Waals surface area contributed by atoms with Gasteiger partial charge in [0.25, 0.3) is 0 Å². The fourth-order valence-electron chi connectivity index (χ4n) is 3.58. The Hall–Kier alpha value is -2.79. The Morgan fingerprint density at radius 2 is 2.00 bits per heavy atom. The number of benzene rings is 2. The van der Waals surface area contributed by atoms with Crippen LogP contribution in [0.2, 0.25) is 0 Å². The number of allylic oxidation sites excluding steroid dienone is 1. The van der Waals surface area contributed by atoms with Crippen molar-refractivity contribution in [3.8, 4) is 11.5 Å². The van der Waals surface area contributed by atoms with Gasteiger partial charge in [-0.1, -0.05) is 30.3 Å². The van der Waals surface area contributed by atoms with Crippen molar-refractivity contribution < 1.29 is 19.0 Å². The third-order valence-electron chi connectivity index (χ3n) is 5.14. The molecule has 0 spiro atoms. The van der Waals surface area contributed by atoms with E-state index in [-0.39, 0.29) is 12.0 Å². The van der Waals surface area contributed by atoms with Gasteiger partial charge in [0, 0.05) is 31.3 Å². The lowest BCUT2D eigenvalue weighted by Crippen LogP contribution is -2.36. The minimum absolute atomic E-state index is 0.0354. The number of hydrogen-bond donors (Lipinski definition) is 0. The molecule has 1 atom stereocenters. The Balaban J connectivity index is 1.82. The van der Waals surface area contributed by atoms with Gasteiger partial charge in [-0.2, -0.15) is 0 Å². The molecule has 0 saturated carbocycles. The molecule has 1 heterocycles. The predicted octanol–water partition coefficient (Wildman–Crippen LogP) is 4.31. The van der Waals surface area contributed by atoms with E-state index in [1.54, 1.807) is 20.3 Å². The lowest BCUT2D eigenvalue weighted by atomic mass is 10.1. The van der Waals surface area contributed by atoms with Crippen LogP contribution in [-0.2, 0) is 16.1 Å². The smallest absolute Gasteiger partial charge is 0.247 e. The monoisotopic (exact) mass is 395 g/mol. The van der Waals surface area contributed by atoms with Crippen LogP contribution in [0.25, 0.3) is 5.57 Å². The highest BCUT2D eigenvalue weighted by atomic mass is 16.5. The highest BCUT2D eigenvalue weighted by molar-refractivity contribution is 5.95. The molecule has 0 N–H and O–H groups in total. The summed E-state index contributed by atoms with van der Waals surface area (Å²) in [5.41, 5.74) is 2.82. The van der Waals surface area contributed by atoms with Gasteiger partial charge in [-0.25, -0.2) is 0 Å². The summed E-state index contributed by atoms with van der Waals surface area (Å²) in [5.74, 6) is 1.51. The number of amides is 1. The van der Waals surface area contributed by atoms with Gasteiger partial charge in [-0.05, 0) is 49.1 Å². The van der Waals surface area contributed by atoms with Crippen molar-refractivity contribution in [2.24, 2.45) is 0 Å². The Bertz CT molecular complexity index is 855. The van der Waals surface area contributed by atoms with E-state index in [9.17, 15) is 4.79 Å². The third kappa shape index (κ3) is 5.61. The molecule has 0 aromatic heterocycles. The van der Waals surface area contributed by atoms with E-state index in [4.69, 9.17) is 14.2 Å². The fourth-order valence-corrected chi connectivity index (χ4v) is 3.58. The molecule has 3 rings (SSSR count). The van der Waals surface area contributed by atoms with E-state index in [1.807, 2.05) is 60.4 Å². The zero-order chi connectivity index (χ0) is 20.6. The van der Waals surface area contributed by atoms with E-state index in [0.29, 0.717) is 13.1 Å². The van der Waals surface area contributed by atoms with Crippen LogP contribution in [0.1, 0.15) is 30.9 Å². The van der Waals surface area contributed by atoms with E-state index >= 15 is 0 Å². The van der Waals surface area contributed by atoms with Crippen molar-refractivity contribution in [1.29, 1.82) is 0 Å². The molecular weight excluding hydrogens is 366 g/mol. The second kappa shape index (κ2) is 10.1. The number of rotatable bonds is 8. The largest absolute Gasteiger partial charge is 0.497 e. The molecule has 1 aliphatic heterocycles. The quantitative estimate of drug-likeness (QED) is 0.625. The summed E-state index contributed by atoms with van der Waals surface area (Å²) in [6, 6.07) is 15.5. The first-order valence-electron chi connectivity index (χ1n) is 9.96. The maximum Gasteiger partial charge on any atom is 0.247 e. The van der Waals surface area contributed by atoms with Crippen LogP contribution in [0.15, 0.2) is 54.6 Å². The molecule has 1 fully saturated rings. The van der Waals surface area contributed by atoms with E-state index < -0.39 is 0 Å². The number of hydrogen-bond acceptors (Lipinski definition) is 4. The number of para-hydroxylation sites is 1. The second-order valence-corrected chi connectivity index (χ2v) is 7.23. The van der Waals surface area contributed by atoms with Crippen molar-refractivity contribution in [2.45, 2.75) is 32.4 Å². The Kier molecular flexibility index (Phi) is 7.30. The van der Waals surface area contributed by atoms with Crippen molar-refractivity contribution >= 4 is 11.5 Å². The molecule has 1 unspecified atom stereocenters. The average Bonchev–Trinajstić information content (AvgIpc) is 3.26. The minimum Gasteiger partial charge on any atom is -0.497 e. The summed E-state index contributed by atoms with van der Waals surface area (Å²) < 4.78 is 16.5. The van der Waals surface area contributed by atoms with Gasteiger partial charge in [0.05, 0.1) is 20.3 Å². The summed E-state index contributed by atoms with van der Waals surface area (Å²) in [5, 5.41) is 0. The van der Waals surface area contributed by atoms with Crippen molar-refractivity contribution in [3.63, 3.8) is 0 Å². The van der Waals surface area contributed by atoms with Gasteiger partial charge >= 0.3 is 0 Å². The van der Waals surface area contributed by atoms with Gasteiger partial charge in [0.1, 0.15) is 11.5 Å². The van der Waals surface area contributed by atoms with Crippen molar-refractivity contribution in [3.05, 3.63) is 65.7 Å². The zero-order valence-electron chi connectivity index (χ0n) is 17.4. The third-order valence-corrected chi connectivity index (χ3v) is 5.14. The summed E-state index contributed by atoms with van der Waals surface area (Å²) in [4.78, 5) is 15.0. The number of nitrogens with zero attached hydrogens (tertiary/aromatic N) is 1. The van der Waals surface area contributed by atoms with Crippen LogP contribution in [0.5, 0.6) is 11.5 Å². The molecule has 5 nitrogen and oxygen atoms in total. The number of carbonyl (C=O) groups is 1. The van der Waals surface area contributed by atoms with E-state index in [2.05, 4.69) is 0 Å². The Morgan fingerprint density at radius 1 is 1.17 bits per heavy atom. The molecule has 29 heavy (non-hydrogen) atoms. The fraction of sp³-hybridized carbons (Fsp3) is 0.375. The number of methoxy groups -OCH3 is 2. The highest BCUT2D eigenvalue weighted by Crippen LogP contribution is 2.26. The van der Waals surface area contributed by atoms with Crippen LogP contribution < -0.4 is 9.47 Å². The molecule has 1 aliphatic rings. The zero-order valence-corrected chi connectivity index (χ0v) is 17.4. The summed E-state index contributed by atoms with van der Waals surface area (Å²) >= 11 is 0. The molecule has 0 bridgehead atoms. The number of carbonyl (C=O) groups excluding carboxylic acids is 1. The average molecular weight is 395 g/mol. The summed E-state index contributed by atoms with van der Waals surface area (Å²) in [6.07, 6.45) is 3.80. The van der Waals surface area contributed by atoms with Crippen LogP contribution >= 0.6 is 0 Å². The molecule has 2 aromatic rings. The topological polar surface area (TPSA) is 48.0 Å². The molecule has 0 aliphatic carbocycles. The van der Waals surface area contributed by atoms with Gasteiger partial charge in [0.15, 0.2) is 0 Å². The first kappa shape index (κ1) is 20.9. The maximum atomic E-state index is 13.2. The maximum absolute atomic E-state index is 13.2. The SMILES string of the molecule is COc1cccc(CN(CC2CCCO2)C(=O)C=C(C)c2ccccc2OC)c1. The Labute approximate surface area is 172 Å². The highest BCUT2D eigenvalue weighted by Gasteiger charge is 2.22. The van der Waals surface area contributed by atoms with Crippen molar-refractivity contribution in [2.75, 3.05) is 27.4 Å². The molecule has 2 aromatic carbocycles. The molecular formula is C24H29NO4. The first-order chi connectivity index (χ1) is 14.1. The Morgan fingerprint density at radius 3 is 2.72 bits per heavy atom. The standard InChI is InChI=1S/C24H29NO4/c1-18(22-11-4-5-12-23(22)28-3)14-24(26)25(17-21-10-7-13-29-21)16-19-8-6-9-20(15-19)27-2/h4-6,8-9,11-12,14-15,21H,7,10,13,16-17H2,1-3H3. The minimum atomic E-state index is -0.0354. The van der Waals surface area contributed by atoms with Crippen molar-refractivity contribution in [1.82, 2.24) is 4.90 Å². The van der Waals surface area contributed by atoms with Crippen LogP contribution in [-0.4, -0.2) is 44.3 Å². The molecule has 0 radical (unpaired) electrons. The van der Waals surface area contributed by atoms with Gasteiger partial charge in [0.2, 0.25) is 5.91 Å². The molecule has 154 valence electrons. The van der Waals surface area contributed by atoms with E-state index in [1.165, 1.54) is 0 Å². The lowest BCUT2D eigenvalue weighted by Gasteiger charge is -2.25. The van der Waals surface area contributed by atoms with Gasteiger partial charge in [-0.3, -0.25) is 4.79 Å². The first-order valence-corrected chi connectivity index (χ1v) is 9.96. The number of ether oxygens (including phenoxy) is 3. The predicted molar refractivity (Wildman–Crippen MR) is 114 cm³/mol. The summed E-state index contributed by atoms with van der Waals surface area (Å²) in [6.45, 7) is 3.78. The molecule has 5 heteroatoms. The van der Waals surface area contributed by atoms with Gasteiger partial charge < -0.3 is 19.1 Å². The van der Waals surface area contributed by atoms with Crippen LogP contribution in [0.3, 0.4) is 0 Å². The lowest BCUT2D eigenvalue weighted by molar-refractivity contribution is -0.128. The van der Waals surface area contributed by atoms with Crippen LogP contribution in [0, 0.1) is 0 Å². The normalized spacial score (nSPS) is 16.5. The van der Waals surface area contributed by atoms with Crippen LogP contribution in [0.4, 0.5) is 0 Å². The second-order valence-electron chi connectivity index (χ2n) is 7.23. The van der Waals surface area contributed by atoms with E-state index in [0.717, 1.165) is 47.6 Å². The molecule has 1 saturated heterocycles. The summed E-state index contributed by atoms with van der Waals surface area (Å²) in [7, 11) is 3.29.